The van der Waals surface area contributed by atoms with Crippen LogP contribution in [-0.4, -0.2) is 56.6 Å². The number of hydrogen-bond donors (Lipinski definition) is 1. The molecule has 3 heterocycles. The minimum atomic E-state index is -0.402. The number of nitrogens with one attached hydrogen (secondary N) is 1. The smallest absolute Gasteiger partial charge is 0.252 e. The number of ether oxygens (including phenoxy) is 3. The molecule has 0 radical (unpaired) electrons. The van der Waals surface area contributed by atoms with Crippen molar-refractivity contribution in [3.8, 4) is 5.75 Å². The van der Waals surface area contributed by atoms with Crippen molar-refractivity contribution in [2.45, 2.75) is 25.0 Å². The Kier molecular flexibility index (Phi) is 5.97. The van der Waals surface area contributed by atoms with Gasteiger partial charge in [0.2, 0.25) is 0 Å². The summed E-state index contributed by atoms with van der Waals surface area (Å²) in [7, 11) is 1.65. The van der Waals surface area contributed by atoms with Crippen LogP contribution in [0.2, 0.25) is 0 Å². The summed E-state index contributed by atoms with van der Waals surface area (Å²) in [6, 6.07) is 9.77. The summed E-state index contributed by atoms with van der Waals surface area (Å²) in [5, 5.41) is 2.98. The summed E-state index contributed by atoms with van der Waals surface area (Å²) in [6.07, 6.45) is 5.83. The van der Waals surface area contributed by atoms with Crippen molar-refractivity contribution in [1.82, 2.24) is 10.3 Å². The number of rotatable bonds is 6. The zero-order valence-electron chi connectivity index (χ0n) is 16.7. The first kappa shape index (κ1) is 19.7. The second-order valence-corrected chi connectivity index (χ2v) is 7.38. The monoisotopic (exact) mass is 397 g/mol. The maximum absolute atomic E-state index is 12.5. The Morgan fingerprint density at radius 1 is 1.17 bits per heavy atom. The molecule has 2 saturated heterocycles. The minimum absolute atomic E-state index is 0.108. The van der Waals surface area contributed by atoms with Gasteiger partial charge < -0.3 is 24.4 Å². The van der Waals surface area contributed by atoms with Crippen LogP contribution in [0.1, 0.15) is 28.8 Å². The topological polar surface area (TPSA) is 72.9 Å². The van der Waals surface area contributed by atoms with Gasteiger partial charge in [0, 0.05) is 38.7 Å². The van der Waals surface area contributed by atoms with Gasteiger partial charge in [-0.3, -0.25) is 9.78 Å². The van der Waals surface area contributed by atoms with Gasteiger partial charge in [-0.1, -0.05) is 12.1 Å². The average Bonchev–Trinajstić information content (AvgIpc) is 3.22. The van der Waals surface area contributed by atoms with Gasteiger partial charge in [0.05, 0.1) is 37.8 Å². The lowest BCUT2D eigenvalue weighted by Crippen LogP contribution is -2.45. The fourth-order valence-corrected chi connectivity index (χ4v) is 3.83. The number of benzene rings is 1. The molecule has 1 aromatic carbocycles. The molecule has 2 aliphatic heterocycles. The summed E-state index contributed by atoms with van der Waals surface area (Å²) >= 11 is 0. The van der Waals surface area contributed by atoms with E-state index >= 15 is 0 Å². The number of amides is 1. The molecule has 154 valence electrons. The van der Waals surface area contributed by atoms with Gasteiger partial charge in [0.15, 0.2) is 5.79 Å². The lowest BCUT2D eigenvalue weighted by atomic mass is 10.0. The number of anilines is 1. The molecule has 2 fully saturated rings. The van der Waals surface area contributed by atoms with Crippen LogP contribution in [0.4, 0.5) is 5.69 Å². The third-order valence-electron chi connectivity index (χ3n) is 5.55. The Morgan fingerprint density at radius 2 is 1.90 bits per heavy atom. The number of carbonyl (C=O) groups is 1. The second kappa shape index (κ2) is 8.80. The van der Waals surface area contributed by atoms with E-state index in [4.69, 9.17) is 14.2 Å². The number of pyridine rings is 1. The Hall–Kier alpha value is -2.64. The number of aromatic nitrogens is 1. The van der Waals surface area contributed by atoms with Crippen molar-refractivity contribution >= 4 is 11.6 Å². The SMILES string of the molecule is COc1ccc(CCNC(=O)c2cncc(N3CCC4(CC3)OCCO4)c2)cc1. The third kappa shape index (κ3) is 4.68. The predicted molar refractivity (Wildman–Crippen MR) is 109 cm³/mol. The van der Waals surface area contributed by atoms with Gasteiger partial charge in [-0.05, 0) is 30.2 Å². The van der Waals surface area contributed by atoms with Crippen LogP contribution >= 0.6 is 0 Å². The first-order valence-corrected chi connectivity index (χ1v) is 10.1. The Bertz CT molecular complexity index is 824. The van der Waals surface area contributed by atoms with Crippen LogP contribution < -0.4 is 15.0 Å². The number of piperidine rings is 1. The van der Waals surface area contributed by atoms with Crippen LogP contribution in [0.15, 0.2) is 42.7 Å². The average molecular weight is 397 g/mol. The predicted octanol–water partition coefficient (Wildman–Crippen LogP) is 2.41. The quantitative estimate of drug-likeness (QED) is 0.807. The molecule has 29 heavy (non-hydrogen) atoms. The van der Waals surface area contributed by atoms with Crippen molar-refractivity contribution in [2.24, 2.45) is 0 Å². The molecule has 7 nitrogen and oxygen atoms in total. The first-order chi connectivity index (χ1) is 14.2. The van der Waals surface area contributed by atoms with Gasteiger partial charge in [0.1, 0.15) is 5.75 Å². The van der Waals surface area contributed by atoms with E-state index < -0.39 is 5.79 Å². The van der Waals surface area contributed by atoms with Gasteiger partial charge in [0.25, 0.3) is 5.91 Å². The van der Waals surface area contributed by atoms with E-state index in [2.05, 4.69) is 15.2 Å². The highest BCUT2D eigenvalue weighted by molar-refractivity contribution is 5.94. The zero-order chi connectivity index (χ0) is 20.1. The molecule has 2 aliphatic rings. The zero-order valence-corrected chi connectivity index (χ0v) is 16.7. The first-order valence-electron chi connectivity index (χ1n) is 10.1. The summed E-state index contributed by atoms with van der Waals surface area (Å²) in [6.45, 7) is 3.56. The van der Waals surface area contributed by atoms with Crippen molar-refractivity contribution < 1.29 is 19.0 Å². The standard InChI is InChI=1S/C22H27N3O4/c1-27-20-4-2-17(3-5-20)6-9-24-21(26)18-14-19(16-23-15-18)25-10-7-22(8-11-25)28-12-13-29-22/h2-5,14-16H,6-13H2,1H3,(H,24,26). The molecule has 0 saturated carbocycles. The van der Waals surface area contributed by atoms with Gasteiger partial charge >= 0.3 is 0 Å². The van der Waals surface area contributed by atoms with Gasteiger partial charge in [-0.2, -0.15) is 0 Å². The molecule has 2 aromatic rings. The summed E-state index contributed by atoms with van der Waals surface area (Å²) < 4.78 is 16.7. The molecule has 1 spiro atoms. The highest BCUT2D eigenvalue weighted by atomic mass is 16.7. The summed E-state index contributed by atoms with van der Waals surface area (Å²) in [5.74, 6) is 0.319. The third-order valence-corrected chi connectivity index (χ3v) is 5.55. The van der Waals surface area contributed by atoms with Crippen LogP contribution in [0, 0.1) is 0 Å². The number of methoxy groups -OCH3 is 1. The van der Waals surface area contributed by atoms with E-state index in [1.54, 1.807) is 13.3 Å². The maximum Gasteiger partial charge on any atom is 0.252 e. The second-order valence-electron chi connectivity index (χ2n) is 7.38. The molecule has 0 aliphatic carbocycles. The number of carbonyl (C=O) groups excluding carboxylic acids is 1. The van der Waals surface area contributed by atoms with Crippen LogP contribution in [-0.2, 0) is 15.9 Å². The Labute approximate surface area is 171 Å². The van der Waals surface area contributed by atoms with Gasteiger partial charge in [-0.25, -0.2) is 0 Å². The lowest BCUT2D eigenvalue weighted by Gasteiger charge is -2.38. The highest BCUT2D eigenvalue weighted by Gasteiger charge is 2.39. The molecule has 1 N–H and O–H groups in total. The lowest BCUT2D eigenvalue weighted by molar-refractivity contribution is -0.169. The minimum Gasteiger partial charge on any atom is -0.497 e. The molecule has 1 amide bonds. The molecular formula is C22H27N3O4. The van der Waals surface area contributed by atoms with E-state index in [-0.39, 0.29) is 5.91 Å². The molecule has 0 atom stereocenters. The fraction of sp³-hybridized carbons (Fsp3) is 0.455. The summed E-state index contributed by atoms with van der Waals surface area (Å²) in [5.41, 5.74) is 2.68. The van der Waals surface area contributed by atoms with Crippen molar-refractivity contribution in [3.63, 3.8) is 0 Å². The van der Waals surface area contributed by atoms with E-state index in [1.165, 1.54) is 0 Å². The van der Waals surface area contributed by atoms with Crippen LogP contribution in [0.3, 0.4) is 0 Å². The number of hydrogen-bond acceptors (Lipinski definition) is 6. The molecule has 0 bridgehead atoms. The highest BCUT2D eigenvalue weighted by Crippen LogP contribution is 2.33. The molecule has 1 aromatic heterocycles. The Morgan fingerprint density at radius 3 is 2.59 bits per heavy atom. The van der Waals surface area contributed by atoms with Crippen molar-refractivity contribution in [3.05, 3.63) is 53.9 Å². The van der Waals surface area contributed by atoms with Crippen molar-refractivity contribution in [2.75, 3.05) is 44.9 Å². The summed E-state index contributed by atoms with van der Waals surface area (Å²) in [4.78, 5) is 19.1. The molecule has 4 rings (SSSR count). The van der Waals surface area contributed by atoms with Crippen LogP contribution in [0.25, 0.3) is 0 Å². The van der Waals surface area contributed by atoms with Gasteiger partial charge in [-0.15, -0.1) is 0 Å². The Balaban J connectivity index is 1.30. The number of nitrogens with zero attached hydrogens (tertiary/aromatic N) is 2. The molecule has 0 unspecified atom stereocenters. The van der Waals surface area contributed by atoms with E-state index in [0.29, 0.717) is 25.3 Å². The molecular weight excluding hydrogens is 370 g/mol. The normalized spacial score (nSPS) is 18.0. The largest absolute Gasteiger partial charge is 0.497 e. The maximum atomic E-state index is 12.5. The fourth-order valence-electron chi connectivity index (χ4n) is 3.83. The van der Waals surface area contributed by atoms with E-state index in [1.807, 2.05) is 36.5 Å². The van der Waals surface area contributed by atoms with Crippen LogP contribution in [0.5, 0.6) is 5.75 Å². The van der Waals surface area contributed by atoms with E-state index in [0.717, 1.165) is 49.4 Å². The van der Waals surface area contributed by atoms with Crippen molar-refractivity contribution in [1.29, 1.82) is 0 Å². The van der Waals surface area contributed by atoms with E-state index in [9.17, 15) is 4.79 Å². The molecule has 7 heteroatoms.